The number of carbonyl (C=O) groups is 3. The van der Waals surface area contributed by atoms with Crippen LogP contribution in [0.3, 0.4) is 0 Å². The van der Waals surface area contributed by atoms with Gasteiger partial charge in [-0.05, 0) is 44.4 Å². The van der Waals surface area contributed by atoms with Crippen LogP contribution in [0, 0.1) is 11.8 Å². The van der Waals surface area contributed by atoms with E-state index in [2.05, 4.69) is 6.92 Å². The predicted octanol–water partition coefficient (Wildman–Crippen LogP) is 4.27. The third kappa shape index (κ3) is 5.44. The topological polar surface area (TPSA) is 101 Å². The lowest BCUT2D eigenvalue weighted by atomic mass is 9.69. The molecule has 0 spiro atoms. The predicted molar refractivity (Wildman–Crippen MR) is 125 cm³/mol. The number of rotatable bonds is 9. The molecule has 180 valence electrons. The zero-order valence-electron chi connectivity index (χ0n) is 20.1. The van der Waals surface area contributed by atoms with Gasteiger partial charge in [0.2, 0.25) is 0 Å². The van der Waals surface area contributed by atoms with E-state index in [0.29, 0.717) is 28.9 Å². The average Bonchev–Trinajstić information content (AvgIpc) is 2.73. The van der Waals surface area contributed by atoms with Crippen molar-refractivity contribution in [3.05, 3.63) is 46.5 Å². The Morgan fingerprint density at radius 1 is 1.21 bits per heavy atom. The van der Waals surface area contributed by atoms with Crippen LogP contribution in [0.2, 0.25) is 0 Å². The van der Waals surface area contributed by atoms with E-state index >= 15 is 0 Å². The quantitative estimate of drug-likeness (QED) is 0.503. The highest BCUT2D eigenvalue weighted by Gasteiger charge is 2.46. The number of Topliss-reactive ketones (excluding diaryl/α,β-unsaturated/α-hetero) is 2. The molecule has 0 fully saturated rings. The number of carbonyl (C=O) groups excluding carboxylic acids is 3. The first-order valence-corrected chi connectivity index (χ1v) is 12.1. The number of aliphatic hydroxyl groups excluding tert-OH is 1. The smallest absolute Gasteiger partial charge is 0.188 e. The van der Waals surface area contributed by atoms with Crippen molar-refractivity contribution >= 4 is 17.3 Å². The van der Waals surface area contributed by atoms with Crippen LogP contribution in [0.1, 0.15) is 79.1 Å². The molecule has 0 radical (unpaired) electrons. The van der Waals surface area contributed by atoms with Crippen LogP contribution in [0.15, 0.2) is 46.5 Å². The number of unbranched alkanes of at least 4 members (excludes halogenated alkanes) is 3. The number of aliphatic hydroxyl groups is 2. The molecule has 3 aliphatic rings. The van der Waals surface area contributed by atoms with Gasteiger partial charge in [0.05, 0.1) is 17.9 Å². The van der Waals surface area contributed by atoms with Crippen LogP contribution < -0.4 is 0 Å². The van der Waals surface area contributed by atoms with Crippen molar-refractivity contribution < 1.29 is 29.3 Å². The van der Waals surface area contributed by atoms with Gasteiger partial charge in [-0.2, -0.15) is 0 Å². The first-order valence-electron chi connectivity index (χ1n) is 12.1. The highest BCUT2D eigenvalue weighted by molar-refractivity contribution is 6.03. The summed E-state index contributed by atoms with van der Waals surface area (Å²) in [7, 11) is 0. The molecular formula is C27H36O6. The lowest BCUT2D eigenvalue weighted by Gasteiger charge is -2.38. The minimum Gasteiger partial charge on any atom is -0.464 e. The Bertz CT molecular complexity index is 946. The van der Waals surface area contributed by atoms with Gasteiger partial charge in [0.1, 0.15) is 17.1 Å². The number of ketones is 3. The summed E-state index contributed by atoms with van der Waals surface area (Å²) in [6, 6.07) is 0. The van der Waals surface area contributed by atoms with Crippen LogP contribution in [0.25, 0.3) is 0 Å². The number of fused-ring (bicyclic) bond motifs is 1. The molecule has 0 aromatic rings. The molecule has 0 aromatic carbocycles. The van der Waals surface area contributed by atoms with Crippen molar-refractivity contribution in [1.82, 2.24) is 0 Å². The van der Waals surface area contributed by atoms with Gasteiger partial charge in [-0.15, -0.1) is 0 Å². The van der Waals surface area contributed by atoms with Crippen LogP contribution in [0.5, 0.6) is 0 Å². The first-order chi connectivity index (χ1) is 15.6. The third-order valence-corrected chi connectivity index (χ3v) is 7.13. The summed E-state index contributed by atoms with van der Waals surface area (Å²) in [5.41, 5.74) is 0.605. The highest BCUT2D eigenvalue weighted by atomic mass is 16.5. The number of ether oxygens (including phenoxy) is 1. The van der Waals surface area contributed by atoms with Gasteiger partial charge in [0.15, 0.2) is 11.6 Å². The zero-order chi connectivity index (χ0) is 24.3. The molecule has 2 N–H and O–H groups in total. The molecule has 0 aromatic heterocycles. The Morgan fingerprint density at radius 2 is 1.94 bits per heavy atom. The zero-order valence-corrected chi connectivity index (χ0v) is 20.1. The summed E-state index contributed by atoms with van der Waals surface area (Å²) in [5.74, 6) is -1.16. The number of hydrogen-bond acceptors (Lipinski definition) is 6. The molecule has 0 amide bonds. The van der Waals surface area contributed by atoms with E-state index in [0.717, 1.165) is 37.7 Å². The fourth-order valence-electron chi connectivity index (χ4n) is 4.93. The van der Waals surface area contributed by atoms with Gasteiger partial charge < -0.3 is 14.9 Å². The minimum absolute atomic E-state index is 0.0245. The Hall–Kier alpha value is -2.31. The van der Waals surface area contributed by atoms with Crippen molar-refractivity contribution in [3.63, 3.8) is 0 Å². The normalized spacial score (nSPS) is 28.5. The van der Waals surface area contributed by atoms with E-state index in [-0.39, 0.29) is 30.3 Å². The van der Waals surface area contributed by atoms with Gasteiger partial charge in [-0.3, -0.25) is 14.4 Å². The van der Waals surface area contributed by atoms with Gasteiger partial charge in [0.25, 0.3) is 0 Å². The second-order valence-corrected chi connectivity index (χ2v) is 9.93. The summed E-state index contributed by atoms with van der Waals surface area (Å²) in [6.45, 7) is 7.29. The molecule has 6 heteroatoms. The standard InChI is InChI=1S/C27H36O6/c1-5-6-7-8-9-16(2)22(29)14-21-20-15-33-24(11-18(20)12-25(31)27(21,4)32)26-17(3)10-19(28)13-23(26)30/h11-12,15-16,19,21,28,32H,5-10,13-14H2,1-4H3. The van der Waals surface area contributed by atoms with Gasteiger partial charge in [-0.25, -0.2) is 0 Å². The average molecular weight is 457 g/mol. The fraction of sp³-hybridized carbons (Fsp3) is 0.593. The molecule has 0 saturated carbocycles. The summed E-state index contributed by atoms with van der Waals surface area (Å²) in [6.07, 6.45) is 9.41. The first kappa shape index (κ1) is 25.3. The maximum absolute atomic E-state index is 13.0. The monoisotopic (exact) mass is 456 g/mol. The molecule has 4 atom stereocenters. The van der Waals surface area contributed by atoms with E-state index in [1.54, 1.807) is 13.0 Å². The molecule has 4 unspecified atom stereocenters. The molecular weight excluding hydrogens is 420 g/mol. The van der Waals surface area contributed by atoms with E-state index in [1.165, 1.54) is 19.3 Å². The summed E-state index contributed by atoms with van der Waals surface area (Å²) in [5, 5.41) is 20.8. The Labute approximate surface area is 196 Å². The van der Waals surface area contributed by atoms with Crippen molar-refractivity contribution in [2.45, 2.75) is 90.8 Å². The van der Waals surface area contributed by atoms with Crippen LogP contribution in [-0.2, 0) is 19.1 Å². The summed E-state index contributed by atoms with van der Waals surface area (Å²) in [4.78, 5) is 38.3. The van der Waals surface area contributed by atoms with Gasteiger partial charge >= 0.3 is 0 Å². The number of hydrogen-bond donors (Lipinski definition) is 2. The Morgan fingerprint density at radius 3 is 2.61 bits per heavy atom. The minimum atomic E-state index is -1.71. The number of allylic oxidation sites excluding steroid dienone is 3. The maximum Gasteiger partial charge on any atom is 0.188 e. The Kier molecular flexibility index (Phi) is 7.91. The molecule has 6 nitrogen and oxygen atoms in total. The van der Waals surface area contributed by atoms with Crippen molar-refractivity contribution in [1.29, 1.82) is 0 Å². The molecule has 0 bridgehead atoms. The van der Waals surface area contributed by atoms with Gasteiger partial charge in [0, 0.05) is 30.3 Å². The molecule has 1 heterocycles. The maximum atomic E-state index is 13.0. The molecule has 3 rings (SSSR count). The summed E-state index contributed by atoms with van der Waals surface area (Å²) < 4.78 is 5.82. The largest absolute Gasteiger partial charge is 0.464 e. The Balaban J connectivity index is 1.82. The van der Waals surface area contributed by atoms with E-state index in [1.807, 2.05) is 6.92 Å². The molecule has 2 aliphatic carbocycles. The van der Waals surface area contributed by atoms with Crippen LogP contribution in [-0.4, -0.2) is 39.3 Å². The SMILES string of the molecule is CCCCCCC(C)C(=O)CC1C2=COC(C3=C(C)CC(O)CC3=O)=CC2=CC(=O)C1(C)O. The summed E-state index contributed by atoms with van der Waals surface area (Å²) >= 11 is 0. The molecule has 33 heavy (non-hydrogen) atoms. The van der Waals surface area contributed by atoms with Crippen molar-refractivity contribution in [2.24, 2.45) is 11.8 Å². The van der Waals surface area contributed by atoms with E-state index in [4.69, 9.17) is 4.74 Å². The van der Waals surface area contributed by atoms with E-state index in [9.17, 15) is 24.6 Å². The lowest BCUT2D eigenvalue weighted by molar-refractivity contribution is -0.137. The van der Waals surface area contributed by atoms with Crippen molar-refractivity contribution in [2.75, 3.05) is 0 Å². The van der Waals surface area contributed by atoms with Gasteiger partial charge in [-0.1, -0.05) is 45.1 Å². The highest BCUT2D eigenvalue weighted by Crippen LogP contribution is 2.43. The fourth-order valence-corrected chi connectivity index (χ4v) is 4.93. The lowest BCUT2D eigenvalue weighted by Crippen LogP contribution is -2.47. The van der Waals surface area contributed by atoms with Crippen LogP contribution in [0.4, 0.5) is 0 Å². The molecule has 0 saturated heterocycles. The molecule has 1 aliphatic heterocycles. The van der Waals surface area contributed by atoms with Crippen molar-refractivity contribution in [3.8, 4) is 0 Å². The third-order valence-electron chi connectivity index (χ3n) is 7.13. The second kappa shape index (κ2) is 10.3. The van der Waals surface area contributed by atoms with Crippen LogP contribution >= 0.6 is 0 Å². The van der Waals surface area contributed by atoms with E-state index < -0.39 is 23.4 Å². The second-order valence-electron chi connectivity index (χ2n) is 9.93.